The van der Waals surface area contributed by atoms with Gasteiger partial charge in [0.15, 0.2) is 0 Å². The number of thioether (sulfide) groups is 1. The van der Waals surface area contributed by atoms with E-state index in [1.165, 1.54) is 32.4 Å². The molecule has 0 unspecified atom stereocenters. The highest BCUT2D eigenvalue weighted by Crippen LogP contribution is 2.17. The molecule has 6 heteroatoms. The van der Waals surface area contributed by atoms with Crippen LogP contribution in [0, 0.1) is 0 Å². The molecule has 2 heterocycles. The highest BCUT2D eigenvalue weighted by atomic mass is 32.2. The molecule has 128 valence electrons. The number of likely N-dealkylation sites (tertiary alicyclic amines) is 1. The van der Waals surface area contributed by atoms with Crippen molar-refractivity contribution in [1.29, 1.82) is 0 Å². The van der Waals surface area contributed by atoms with E-state index < -0.39 is 0 Å². The first kappa shape index (κ1) is 18.2. The summed E-state index contributed by atoms with van der Waals surface area (Å²) in [4.78, 5) is 18.8. The van der Waals surface area contributed by atoms with Crippen molar-refractivity contribution in [1.82, 2.24) is 15.2 Å². The number of amides is 1. The zero-order valence-electron chi connectivity index (χ0n) is 13.9. The molecule has 0 atom stereocenters. The number of rotatable bonds is 9. The molecule has 1 aromatic rings. The Balaban J connectivity index is 1.67. The normalized spacial score (nSPS) is 15.5. The van der Waals surface area contributed by atoms with Gasteiger partial charge in [-0.15, -0.1) is 11.8 Å². The maximum atomic E-state index is 11.9. The summed E-state index contributed by atoms with van der Waals surface area (Å²) in [5.74, 6) is 0.980. The Morgan fingerprint density at radius 3 is 2.87 bits per heavy atom. The first-order valence-corrected chi connectivity index (χ1v) is 9.36. The van der Waals surface area contributed by atoms with E-state index in [0.717, 1.165) is 23.7 Å². The largest absolute Gasteiger partial charge is 0.385 e. The van der Waals surface area contributed by atoms with E-state index in [1.807, 2.05) is 12.1 Å². The van der Waals surface area contributed by atoms with Crippen LogP contribution in [-0.2, 0) is 4.74 Å². The van der Waals surface area contributed by atoms with Crippen LogP contribution in [-0.4, -0.2) is 61.4 Å². The second kappa shape index (κ2) is 10.6. The molecule has 0 aliphatic carbocycles. The third-order valence-corrected chi connectivity index (χ3v) is 4.84. The molecule has 23 heavy (non-hydrogen) atoms. The van der Waals surface area contributed by atoms with Crippen LogP contribution in [0.2, 0.25) is 0 Å². The van der Waals surface area contributed by atoms with E-state index in [0.29, 0.717) is 18.7 Å². The number of nitrogens with one attached hydrogen (secondary N) is 1. The predicted molar refractivity (Wildman–Crippen MR) is 94.1 cm³/mol. The van der Waals surface area contributed by atoms with Gasteiger partial charge in [0, 0.05) is 38.8 Å². The summed E-state index contributed by atoms with van der Waals surface area (Å²) in [5, 5.41) is 3.85. The van der Waals surface area contributed by atoms with E-state index in [-0.39, 0.29) is 5.91 Å². The Labute approximate surface area is 143 Å². The Hall–Kier alpha value is -1.11. The van der Waals surface area contributed by atoms with Crippen molar-refractivity contribution < 1.29 is 9.53 Å². The highest BCUT2D eigenvalue weighted by Gasteiger charge is 2.10. The van der Waals surface area contributed by atoms with E-state index >= 15 is 0 Å². The van der Waals surface area contributed by atoms with Crippen LogP contribution < -0.4 is 5.32 Å². The van der Waals surface area contributed by atoms with Crippen LogP contribution >= 0.6 is 11.8 Å². The number of hydrogen-bond acceptors (Lipinski definition) is 5. The van der Waals surface area contributed by atoms with E-state index in [4.69, 9.17) is 4.74 Å². The monoisotopic (exact) mass is 337 g/mol. The molecular formula is C17H27N3O2S. The summed E-state index contributed by atoms with van der Waals surface area (Å²) in [7, 11) is 1.66. The number of carbonyl (C=O) groups is 1. The summed E-state index contributed by atoms with van der Waals surface area (Å²) in [6.07, 6.45) is 6.52. The van der Waals surface area contributed by atoms with Crippen LogP contribution in [0.15, 0.2) is 23.4 Å². The first-order valence-electron chi connectivity index (χ1n) is 8.38. The molecule has 1 N–H and O–H groups in total. The molecule has 2 rings (SSSR count). The third kappa shape index (κ3) is 6.89. The second-order valence-electron chi connectivity index (χ2n) is 5.74. The number of carbonyl (C=O) groups excluding carboxylic acids is 1. The number of ether oxygens (including phenoxy) is 1. The summed E-state index contributed by atoms with van der Waals surface area (Å²) in [6.45, 7) is 4.87. The SMILES string of the molecule is COCCCNC(=O)c1ccc(SCCN2CCCCC2)nc1. The van der Waals surface area contributed by atoms with Gasteiger partial charge in [0.1, 0.15) is 0 Å². The van der Waals surface area contributed by atoms with Crippen molar-refractivity contribution in [3.63, 3.8) is 0 Å². The van der Waals surface area contributed by atoms with Crippen LogP contribution in [0.1, 0.15) is 36.0 Å². The van der Waals surface area contributed by atoms with Gasteiger partial charge in [0.2, 0.25) is 0 Å². The van der Waals surface area contributed by atoms with Gasteiger partial charge >= 0.3 is 0 Å². The molecule has 0 bridgehead atoms. The lowest BCUT2D eigenvalue weighted by molar-refractivity contribution is 0.0948. The number of nitrogens with zero attached hydrogens (tertiary/aromatic N) is 2. The fourth-order valence-electron chi connectivity index (χ4n) is 2.58. The van der Waals surface area contributed by atoms with Gasteiger partial charge in [-0.3, -0.25) is 4.79 Å². The maximum Gasteiger partial charge on any atom is 0.252 e. The first-order chi connectivity index (χ1) is 11.3. The van der Waals surface area contributed by atoms with Crippen LogP contribution in [0.4, 0.5) is 0 Å². The Kier molecular flexibility index (Phi) is 8.42. The molecule has 0 aromatic carbocycles. The maximum absolute atomic E-state index is 11.9. The van der Waals surface area contributed by atoms with Crippen molar-refractivity contribution in [2.24, 2.45) is 0 Å². The number of piperidine rings is 1. The average Bonchev–Trinajstić information content (AvgIpc) is 2.60. The molecule has 1 saturated heterocycles. The highest BCUT2D eigenvalue weighted by molar-refractivity contribution is 7.99. The quantitative estimate of drug-likeness (QED) is 0.554. The van der Waals surface area contributed by atoms with E-state index in [9.17, 15) is 4.79 Å². The second-order valence-corrected chi connectivity index (χ2v) is 6.85. The minimum Gasteiger partial charge on any atom is -0.385 e. The predicted octanol–water partition coefficient (Wildman–Crippen LogP) is 2.43. The number of pyridine rings is 1. The number of methoxy groups -OCH3 is 1. The van der Waals surface area contributed by atoms with Crippen LogP contribution in [0.5, 0.6) is 0 Å². The molecule has 5 nitrogen and oxygen atoms in total. The summed E-state index contributed by atoms with van der Waals surface area (Å²) in [5.41, 5.74) is 0.614. The molecule has 0 spiro atoms. The molecule has 1 aliphatic heterocycles. The molecule has 0 saturated carbocycles. The lowest BCUT2D eigenvalue weighted by atomic mass is 10.1. The molecular weight excluding hydrogens is 310 g/mol. The average molecular weight is 337 g/mol. The molecule has 1 aliphatic rings. The molecule has 1 aromatic heterocycles. The number of hydrogen-bond donors (Lipinski definition) is 1. The van der Waals surface area contributed by atoms with Gasteiger partial charge in [-0.05, 0) is 44.5 Å². The number of aromatic nitrogens is 1. The summed E-state index contributed by atoms with van der Waals surface area (Å²) >= 11 is 1.76. The molecule has 0 radical (unpaired) electrons. The van der Waals surface area contributed by atoms with Gasteiger partial charge in [0.05, 0.1) is 10.6 Å². The van der Waals surface area contributed by atoms with Crippen molar-refractivity contribution in [3.8, 4) is 0 Å². The Morgan fingerprint density at radius 2 is 2.17 bits per heavy atom. The summed E-state index contributed by atoms with van der Waals surface area (Å²) in [6, 6.07) is 3.78. The van der Waals surface area contributed by atoms with Crippen LogP contribution in [0.3, 0.4) is 0 Å². The van der Waals surface area contributed by atoms with Gasteiger partial charge in [0.25, 0.3) is 5.91 Å². The van der Waals surface area contributed by atoms with Gasteiger partial charge in [-0.1, -0.05) is 6.42 Å². The standard InChI is InChI=1S/C17H27N3O2S/c1-22-12-5-8-18-17(21)15-6-7-16(19-14-15)23-13-11-20-9-3-2-4-10-20/h6-7,14H,2-5,8-13H2,1H3,(H,18,21). The topological polar surface area (TPSA) is 54.5 Å². The van der Waals surface area contributed by atoms with Gasteiger partial charge in [-0.25, -0.2) is 4.98 Å². The van der Waals surface area contributed by atoms with E-state index in [1.54, 1.807) is 25.1 Å². The zero-order chi connectivity index (χ0) is 16.3. The molecule has 1 fully saturated rings. The Bertz CT molecular complexity index is 461. The molecule has 1 amide bonds. The third-order valence-electron chi connectivity index (χ3n) is 3.92. The van der Waals surface area contributed by atoms with Crippen molar-refractivity contribution >= 4 is 17.7 Å². The van der Waals surface area contributed by atoms with Gasteiger partial charge < -0.3 is 15.0 Å². The van der Waals surface area contributed by atoms with Crippen LogP contribution in [0.25, 0.3) is 0 Å². The zero-order valence-corrected chi connectivity index (χ0v) is 14.7. The smallest absolute Gasteiger partial charge is 0.252 e. The lowest BCUT2D eigenvalue weighted by Gasteiger charge is -2.25. The minimum absolute atomic E-state index is 0.0709. The van der Waals surface area contributed by atoms with Gasteiger partial charge in [-0.2, -0.15) is 0 Å². The Morgan fingerprint density at radius 1 is 1.35 bits per heavy atom. The fourth-order valence-corrected chi connectivity index (χ4v) is 3.43. The van der Waals surface area contributed by atoms with E-state index in [2.05, 4.69) is 15.2 Å². The minimum atomic E-state index is -0.0709. The fraction of sp³-hybridized carbons (Fsp3) is 0.647. The van der Waals surface area contributed by atoms with Crippen molar-refractivity contribution in [3.05, 3.63) is 23.9 Å². The van der Waals surface area contributed by atoms with Crippen molar-refractivity contribution in [2.45, 2.75) is 30.7 Å². The lowest BCUT2D eigenvalue weighted by Crippen LogP contribution is -2.31. The van der Waals surface area contributed by atoms with Crippen molar-refractivity contribution in [2.75, 3.05) is 45.6 Å². The summed E-state index contributed by atoms with van der Waals surface area (Å²) < 4.78 is 4.96.